The van der Waals surface area contributed by atoms with Crippen LogP contribution in [0.15, 0.2) is 0 Å². The number of rotatable bonds is 1. The number of aromatic amines is 1. The topological polar surface area (TPSA) is 53.8 Å². The monoisotopic (exact) mass is 173 g/mol. The zero-order valence-corrected chi connectivity index (χ0v) is 7.57. The summed E-state index contributed by atoms with van der Waals surface area (Å²) in [7, 11) is 1.76. The lowest BCUT2D eigenvalue weighted by Gasteiger charge is -2.14. The molecule has 0 unspecified atom stereocenters. The molecule has 1 aromatic heterocycles. The molecule has 1 aromatic rings. The predicted molar refractivity (Wildman–Crippen MR) is 43.6 cm³/mol. The van der Waals surface area contributed by atoms with Gasteiger partial charge in [0.05, 0.1) is 0 Å². The minimum absolute atomic E-state index is 0.516. The van der Waals surface area contributed by atoms with Gasteiger partial charge in [-0.05, 0) is 26.1 Å². The van der Waals surface area contributed by atoms with Crippen LogP contribution in [0.1, 0.15) is 19.7 Å². The van der Waals surface area contributed by atoms with Crippen LogP contribution in [0, 0.1) is 4.77 Å². The molecule has 0 saturated carbocycles. The molecule has 4 nitrogen and oxygen atoms in total. The van der Waals surface area contributed by atoms with Crippen molar-refractivity contribution in [3.05, 3.63) is 10.6 Å². The quantitative estimate of drug-likeness (QED) is 0.615. The summed E-state index contributed by atoms with van der Waals surface area (Å²) >= 11 is 4.88. The van der Waals surface area contributed by atoms with Crippen molar-refractivity contribution in [1.82, 2.24) is 14.8 Å². The fraction of sp³-hybridized carbons (Fsp3) is 0.667. The Labute approximate surface area is 69.9 Å². The van der Waals surface area contributed by atoms with Crippen molar-refractivity contribution >= 4 is 12.2 Å². The zero-order chi connectivity index (χ0) is 8.65. The second kappa shape index (κ2) is 2.42. The SMILES string of the molecule is Cn1c(C(C)(C)O)n[nH]c1=S. The minimum Gasteiger partial charge on any atom is -0.382 e. The molecule has 0 amide bonds. The Morgan fingerprint density at radius 2 is 2.18 bits per heavy atom. The molecule has 0 atom stereocenters. The van der Waals surface area contributed by atoms with Crippen molar-refractivity contribution in [1.29, 1.82) is 0 Å². The molecule has 11 heavy (non-hydrogen) atoms. The molecule has 0 aliphatic carbocycles. The number of nitrogens with one attached hydrogen (secondary N) is 1. The van der Waals surface area contributed by atoms with E-state index in [-0.39, 0.29) is 0 Å². The molecule has 62 valence electrons. The fourth-order valence-electron chi connectivity index (χ4n) is 0.894. The lowest BCUT2D eigenvalue weighted by molar-refractivity contribution is 0.0653. The predicted octanol–water partition coefficient (Wildman–Crippen LogP) is 0.705. The van der Waals surface area contributed by atoms with Gasteiger partial charge in [0.15, 0.2) is 10.6 Å². The normalized spacial score (nSPS) is 12.0. The van der Waals surface area contributed by atoms with E-state index in [9.17, 15) is 5.11 Å². The van der Waals surface area contributed by atoms with E-state index in [0.29, 0.717) is 10.6 Å². The fourth-order valence-corrected chi connectivity index (χ4v) is 1.03. The Balaban J connectivity index is 3.26. The van der Waals surface area contributed by atoms with Gasteiger partial charge in [-0.25, -0.2) is 0 Å². The molecule has 0 bridgehead atoms. The maximum absolute atomic E-state index is 9.53. The summed E-state index contributed by atoms with van der Waals surface area (Å²) in [5, 5.41) is 16.0. The van der Waals surface area contributed by atoms with Crippen LogP contribution in [0.3, 0.4) is 0 Å². The lowest BCUT2D eigenvalue weighted by Crippen LogP contribution is -2.20. The van der Waals surface area contributed by atoms with Crippen LogP contribution in [0.2, 0.25) is 0 Å². The van der Waals surface area contributed by atoms with E-state index in [1.807, 2.05) is 0 Å². The highest BCUT2D eigenvalue weighted by Gasteiger charge is 2.21. The van der Waals surface area contributed by atoms with Gasteiger partial charge in [-0.2, -0.15) is 5.10 Å². The van der Waals surface area contributed by atoms with Crippen LogP contribution < -0.4 is 0 Å². The van der Waals surface area contributed by atoms with Crippen LogP contribution >= 0.6 is 12.2 Å². The summed E-state index contributed by atoms with van der Waals surface area (Å²) < 4.78 is 2.16. The number of aliphatic hydroxyl groups is 1. The Kier molecular flexibility index (Phi) is 1.85. The maximum atomic E-state index is 9.53. The van der Waals surface area contributed by atoms with Gasteiger partial charge < -0.3 is 9.67 Å². The molecule has 1 rings (SSSR count). The van der Waals surface area contributed by atoms with E-state index in [2.05, 4.69) is 10.2 Å². The molecule has 0 radical (unpaired) electrons. The summed E-state index contributed by atoms with van der Waals surface area (Å²) in [5.74, 6) is 0.544. The molecular weight excluding hydrogens is 162 g/mol. The average Bonchev–Trinajstić information content (AvgIpc) is 2.11. The van der Waals surface area contributed by atoms with E-state index in [0.717, 1.165) is 0 Å². The number of hydrogen-bond acceptors (Lipinski definition) is 3. The van der Waals surface area contributed by atoms with E-state index < -0.39 is 5.60 Å². The second-order valence-electron chi connectivity index (χ2n) is 2.97. The van der Waals surface area contributed by atoms with E-state index in [1.54, 1.807) is 25.5 Å². The Morgan fingerprint density at radius 1 is 1.64 bits per heavy atom. The molecule has 0 fully saturated rings. The van der Waals surface area contributed by atoms with Crippen molar-refractivity contribution in [3.63, 3.8) is 0 Å². The van der Waals surface area contributed by atoms with Crippen molar-refractivity contribution in [3.8, 4) is 0 Å². The molecule has 1 heterocycles. The summed E-state index contributed by atoms with van der Waals surface area (Å²) in [4.78, 5) is 0. The third-order valence-electron chi connectivity index (χ3n) is 1.43. The second-order valence-corrected chi connectivity index (χ2v) is 3.36. The van der Waals surface area contributed by atoms with Gasteiger partial charge in [0.1, 0.15) is 5.60 Å². The summed E-state index contributed by atoms with van der Waals surface area (Å²) in [5.41, 5.74) is -0.942. The molecule has 0 spiro atoms. The van der Waals surface area contributed by atoms with Gasteiger partial charge in [0.25, 0.3) is 0 Å². The number of nitrogens with zero attached hydrogens (tertiary/aromatic N) is 2. The Bertz CT molecular complexity index is 306. The van der Waals surface area contributed by atoms with Crippen LogP contribution in [-0.4, -0.2) is 19.9 Å². The van der Waals surface area contributed by atoms with Gasteiger partial charge >= 0.3 is 0 Å². The summed E-state index contributed by atoms with van der Waals surface area (Å²) in [6.45, 7) is 3.33. The van der Waals surface area contributed by atoms with Crippen LogP contribution in [-0.2, 0) is 12.6 Å². The van der Waals surface area contributed by atoms with Crippen LogP contribution in [0.25, 0.3) is 0 Å². The first-order valence-electron chi connectivity index (χ1n) is 3.27. The van der Waals surface area contributed by atoms with E-state index >= 15 is 0 Å². The first kappa shape index (κ1) is 8.42. The third-order valence-corrected chi connectivity index (χ3v) is 1.79. The highest BCUT2D eigenvalue weighted by molar-refractivity contribution is 7.71. The van der Waals surface area contributed by atoms with Gasteiger partial charge in [-0.3, -0.25) is 5.10 Å². The highest BCUT2D eigenvalue weighted by Crippen LogP contribution is 2.15. The number of aromatic nitrogens is 3. The lowest BCUT2D eigenvalue weighted by atomic mass is 10.1. The molecule has 5 heteroatoms. The standard InChI is InChI=1S/C6H11N3OS/c1-6(2,10)4-7-8-5(11)9(4)3/h10H,1-3H3,(H,8,11). The summed E-state index contributed by atoms with van der Waals surface area (Å²) in [6.07, 6.45) is 0. The van der Waals surface area contributed by atoms with Gasteiger partial charge in [-0.1, -0.05) is 0 Å². The molecule has 0 aliphatic rings. The molecular formula is C6H11N3OS. The van der Waals surface area contributed by atoms with E-state index in [1.165, 1.54) is 0 Å². The van der Waals surface area contributed by atoms with Crippen molar-refractivity contribution in [2.75, 3.05) is 0 Å². The molecule has 0 saturated heterocycles. The number of hydrogen-bond donors (Lipinski definition) is 2. The molecule has 2 N–H and O–H groups in total. The van der Waals surface area contributed by atoms with Gasteiger partial charge in [-0.15, -0.1) is 0 Å². The van der Waals surface area contributed by atoms with E-state index in [4.69, 9.17) is 12.2 Å². The largest absolute Gasteiger partial charge is 0.382 e. The Hall–Kier alpha value is -0.680. The van der Waals surface area contributed by atoms with Gasteiger partial charge in [0.2, 0.25) is 0 Å². The Morgan fingerprint density at radius 3 is 2.36 bits per heavy atom. The van der Waals surface area contributed by atoms with Crippen molar-refractivity contribution in [2.45, 2.75) is 19.4 Å². The first-order chi connectivity index (χ1) is 4.93. The van der Waals surface area contributed by atoms with Crippen molar-refractivity contribution in [2.24, 2.45) is 7.05 Å². The van der Waals surface area contributed by atoms with Crippen molar-refractivity contribution < 1.29 is 5.11 Å². The molecule has 0 aromatic carbocycles. The van der Waals surface area contributed by atoms with Gasteiger partial charge in [0, 0.05) is 7.05 Å². The number of H-pyrrole nitrogens is 1. The molecule has 0 aliphatic heterocycles. The maximum Gasteiger partial charge on any atom is 0.194 e. The van der Waals surface area contributed by atoms with Crippen LogP contribution in [0.5, 0.6) is 0 Å². The minimum atomic E-state index is -0.942. The zero-order valence-electron chi connectivity index (χ0n) is 6.75. The average molecular weight is 173 g/mol. The first-order valence-corrected chi connectivity index (χ1v) is 3.68. The van der Waals surface area contributed by atoms with Crippen LogP contribution in [0.4, 0.5) is 0 Å². The smallest absolute Gasteiger partial charge is 0.194 e. The third kappa shape index (κ3) is 1.49. The highest BCUT2D eigenvalue weighted by atomic mass is 32.1. The summed E-state index contributed by atoms with van der Waals surface area (Å²) in [6, 6.07) is 0.